The largest absolute Gasteiger partial charge is 0.288 e. The lowest BCUT2D eigenvalue weighted by atomic mass is 10.3. The molecule has 1 fully saturated rings. The van der Waals surface area contributed by atoms with Crippen molar-refractivity contribution in [3.8, 4) is 12.1 Å². The Morgan fingerprint density at radius 2 is 1.69 bits per heavy atom. The molecule has 1 rings (SSSR count). The van der Waals surface area contributed by atoms with E-state index in [-0.39, 0.29) is 0 Å². The Kier molecular flexibility index (Phi) is 4.25. The first-order valence-electron chi connectivity index (χ1n) is 4.50. The maximum Gasteiger partial charge on any atom is 0.288 e. The summed E-state index contributed by atoms with van der Waals surface area (Å²) in [6, 6.07) is 5.10. The normalized spacial score (nSPS) is 18.8. The minimum Gasteiger partial charge on any atom is -0.288 e. The lowest BCUT2D eigenvalue weighted by molar-refractivity contribution is 0.157. The van der Waals surface area contributed by atoms with Gasteiger partial charge in [-0.15, -0.1) is 0 Å². The molecule has 0 amide bonds. The third kappa shape index (κ3) is 3.42. The average molecular weight is 179 g/mol. The second-order valence-electron chi connectivity index (χ2n) is 3.09. The fourth-order valence-electron chi connectivity index (χ4n) is 1.38. The van der Waals surface area contributed by atoms with Crippen LogP contribution in [0, 0.1) is 17.4 Å². The van der Waals surface area contributed by atoms with Gasteiger partial charge in [0.1, 0.15) is 6.54 Å². The summed E-state index contributed by atoms with van der Waals surface area (Å²) in [5.74, 6) is 0. The molecule has 0 unspecified atom stereocenters. The Labute approximate surface area is 79.2 Å². The van der Waals surface area contributed by atoms with Crippen molar-refractivity contribution >= 4 is 0 Å². The number of rotatable bonds is 2. The Hall–Kier alpha value is -1.10. The summed E-state index contributed by atoms with van der Waals surface area (Å²) < 4.78 is 0. The lowest BCUT2D eigenvalue weighted by Gasteiger charge is -2.31. The van der Waals surface area contributed by atoms with Crippen LogP contribution >= 0.6 is 0 Å². The van der Waals surface area contributed by atoms with Gasteiger partial charge < -0.3 is 0 Å². The predicted molar refractivity (Wildman–Crippen MR) is 51.7 cm³/mol. The Balaban J connectivity index is 2.22. The van der Waals surface area contributed by atoms with Crippen LogP contribution in [0.2, 0.25) is 0 Å². The molecule has 0 bridgehead atoms. The smallest absolute Gasteiger partial charge is 0.288 e. The van der Waals surface area contributed by atoms with Crippen LogP contribution in [0.5, 0.6) is 0 Å². The summed E-state index contributed by atoms with van der Waals surface area (Å²) in [6.45, 7) is 5.38. The standard InChI is InChI=1S/C9H15N4/c1-11-3-5-13-8-6-12(4-2-10)7-9-13/h4-9H2,1H3/q+1. The van der Waals surface area contributed by atoms with Crippen LogP contribution in [0.4, 0.5) is 0 Å². The maximum absolute atomic E-state index is 8.49. The van der Waals surface area contributed by atoms with Gasteiger partial charge in [-0.2, -0.15) is 5.26 Å². The summed E-state index contributed by atoms with van der Waals surface area (Å²) in [4.78, 5) is 8.29. The Bertz CT molecular complexity index is 237. The van der Waals surface area contributed by atoms with Crippen molar-refractivity contribution in [2.45, 2.75) is 0 Å². The fraction of sp³-hybridized carbons (Fsp3) is 0.778. The molecule has 0 N–H and O–H groups in total. The predicted octanol–water partition coefficient (Wildman–Crippen LogP) is 0.0903. The van der Waals surface area contributed by atoms with Gasteiger partial charge in [-0.3, -0.25) is 9.80 Å². The third-order valence-corrected chi connectivity index (χ3v) is 2.21. The van der Waals surface area contributed by atoms with Crippen LogP contribution in [0.25, 0.3) is 4.85 Å². The molecular weight excluding hydrogens is 164 g/mol. The van der Waals surface area contributed by atoms with Gasteiger partial charge in [0.05, 0.1) is 12.6 Å². The second kappa shape index (κ2) is 5.53. The van der Waals surface area contributed by atoms with Gasteiger partial charge in [0.2, 0.25) is 0 Å². The monoisotopic (exact) mass is 179 g/mol. The third-order valence-electron chi connectivity index (χ3n) is 2.21. The quantitative estimate of drug-likeness (QED) is 0.563. The molecule has 0 aromatic heterocycles. The van der Waals surface area contributed by atoms with Crippen molar-refractivity contribution in [3.05, 3.63) is 4.85 Å². The van der Waals surface area contributed by atoms with E-state index in [1.165, 1.54) is 0 Å². The molecule has 1 aliphatic heterocycles. The van der Waals surface area contributed by atoms with Crippen LogP contribution in [-0.2, 0) is 0 Å². The van der Waals surface area contributed by atoms with Crippen LogP contribution in [0.3, 0.4) is 0 Å². The van der Waals surface area contributed by atoms with Crippen LogP contribution in [0.15, 0.2) is 0 Å². The van der Waals surface area contributed by atoms with E-state index in [1.54, 1.807) is 7.05 Å². The molecule has 1 heterocycles. The summed E-state index contributed by atoms with van der Waals surface area (Å²) in [5, 5.41) is 8.49. The molecule has 0 aromatic rings. The zero-order valence-electron chi connectivity index (χ0n) is 8.03. The minimum atomic E-state index is 0.555. The number of piperazine rings is 1. The summed E-state index contributed by atoms with van der Waals surface area (Å²) >= 11 is 0. The average Bonchev–Trinajstić information content (AvgIpc) is 2.17. The lowest BCUT2D eigenvalue weighted by Crippen LogP contribution is -2.46. The molecule has 13 heavy (non-hydrogen) atoms. The molecule has 4 nitrogen and oxygen atoms in total. The van der Waals surface area contributed by atoms with E-state index in [2.05, 4.69) is 26.8 Å². The number of hydrogen-bond acceptors (Lipinski definition) is 3. The van der Waals surface area contributed by atoms with Gasteiger partial charge in [0.15, 0.2) is 0 Å². The topological polar surface area (TPSA) is 34.6 Å². The molecule has 70 valence electrons. The van der Waals surface area contributed by atoms with Gasteiger partial charge in [-0.1, -0.05) is 4.85 Å². The molecule has 0 atom stereocenters. The molecule has 1 aliphatic rings. The molecule has 0 aromatic carbocycles. The van der Waals surface area contributed by atoms with E-state index in [0.29, 0.717) is 6.54 Å². The van der Waals surface area contributed by atoms with Crippen LogP contribution in [0.1, 0.15) is 0 Å². The van der Waals surface area contributed by atoms with E-state index >= 15 is 0 Å². The van der Waals surface area contributed by atoms with E-state index < -0.39 is 0 Å². The number of nitriles is 1. The molecule has 0 radical (unpaired) electrons. The second-order valence-corrected chi connectivity index (χ2v) is 3.09. The zero-order chi connectivity index (χ0) is 9.52. The molecule has 0 spiro atoms. The highest BCUT2D eigenvalue weighted by atomic mass is 15.3. The summed E-state index contributed by atoms with van der Waals surface area (Å²) in [7, 11) is 1.74. The van der Waals surface area contributed by atoms with Crippen molar-refractivity contribution in [3.63, 3.8) is 0 Å². The van der Waals surface area contributed by atoms with Gasteiger partial charge in [0.25, 0.3) is 13.1 Å². The highest BCUT2D eigenvalue weighted by Gasteiger charge is 2.16. The molecular formula is C9H15N4+. The maximum atomic E-state index is 8.49. The van der Waals surface area contributed by atoms with E-state index in [1.807, 2.05) is 0 Å². The highest BCUT2D eigenvalue weighted by Crippen LogP contribution is 1.99. The van der Waals surface area contributed by atoms with Crippen molar-refractivity contribution in [2.75, 3.05) is 46.3 Å². The van der Waals surface area contributed by atoms with Crippen molar-refractivity contribution in [1.82, 2.24) is 9.80 Å². The summed E-state index contributed by atoms with van der Waals surface area (Å²) in [5.41, 5.74) is 0. The fourth-order valence-corrected chi connectivity index (χ4v) is 1.38. The Morgan fingerprint density at radius 3 is 2.15 bits per heavy atom. The molecule has 1 saturated heterocycles. The first-order valence-corrected chi connectivity index (χ1v) is 4.50. The van der Waals surface area contributed by atoms with E-state index in [9.17, 15) is 0 Å². The zero-order valence-corrected chi connectivity index (χ0v) is 8.03. The first kappa shape index (κ1) is 9.98. The van der Waals surface area contributed by atoms with E-state index in [4.69, 9.17) is 5.26 Å². The molecule has 4 heteroatoms. The summed E-state index contributed by atoms with van der Waals surface area (Å²) in [6.07, 6.45) is 0. The van der Waals surface area contributed by atoms with Gasteiger partial charge in [-0.25, -0.2) is 0 Å². The minimum absolute atomic E-state index is 0.555. The number of hydrogen-bond donors (Lipinski definition) is 0. The van der Waals surface area contributed by atoms with Crippen LogP contribution < -0.4 is 0 Å². The van der Waals surface area contributed by atoms with Gasteiger partial charge in [0, 0.05) is 26.2 Å². The Morgan fingerprint density at radius 1 is 1.15 bits per heavy atom. The van der Waals surface area contributed by atoms with Crippen molar-refractivity contribution < 1.29 is 0 Å². The highest BCUT2D eigenvalue weighted by molar-refractivity contribution is 4.89. The SMILES string of the molecule is C[N+]#CCN1CCN(CC#N)CC1. The van der Waals surface area contributed by atoms with Gasteiger partial charge in [-0.05, 0) is 0 Å². The first-order chi connectivity index (χ1) is 6.36. The van der Waals surface area contributed by atoms with Crippen molar-refractivity contribution in [2.24, 2.45) is 0 Å². The van der Waals surface area contributed by atoms with Crippen molar-refractivity contribution in [1.29, 1.82) is 5.26 Å². The number of nitrogens with zero attached hydrogens (tertiary/aromatic N) is 4. The van der Waals surface area contributed by atoms with Gasteiger partial charge >= 0.3 is 0 Å². The van der Waals surface area contributed by atoms with E-state index in [0.717, 1.165) is 32.7 Å². The molecule has 0 aliphatic carbocycles. The van der Waals surface area contributed by atoms with Crippen LogP contribution in [-0.4, -0.2) is 56.1 Å². The molecule has 0 saturated carbocycles.